The van der Waals surface area contributed by atoms with Gasteiger partial charge in [0.15, 0.2) is 0 Å². The van der Waals surface area contributed by atoms with Crippen molar-refractivity contribution in [1.82, 2.24) is 0 Å². The van der Waals surface area contributed by atoms with Crippen molar-refractivity contribution in [2.45, 2.75) is 44.6 Å². The standard InChI is InChI=1S/C11H18O2/c1-2-10(12)8-11(13)7-9-5-3-4-6-9/h2,9-10,12H,1,3-8H2/t10-/m0/s1. The van der Waals surface area contributed by atoms with Crippen molar-refractivity contribution in [2.24, 2.45) is 5.92 Å². The third-order valence-electron chi connectivity index (χ3n) is 2.70. The minimum atomic E-state index is -0.645. The highest BCUT2D eigenvalue weighted by Crippen LogP contribution is 2.28. The van der Waals surface area contributed by atoms with Gasteiger partial charge in [-0.3, -0.25) is 4.79 Å². The SMILES string of the molecule is C=C[C@H](O)CC(=O)CC1CCCC1. The molecule has 0 unspecified atom stereocenters. The van der Waals surface area contributed by atoms with Crippen LogP contribution in [-0.4, -0.2) is 17.0 Å². The van der Waals surface area contributed by atoms with Gasteiger partial charge in [-0.1, -0.05) is 31.8 Å². The highest BCUT2D eigenvalue weighted by atomic mass is 16.3. The van der Waals surface area contributed by atoms with Gasteiger partial charge in [-0.15, -0.1) is 6.58 Å². The molecular weight excluding hydrogens is 164 g/mol. The first-order valence-corrected chi connectivity index (χ1v) is 5.04. The number of aliphatic hydroxyl groups is 1. The molecule has 1 aliphatic carbocycles. The summed E-state index contributed by atoms with van der Waals surface area (Å²) in [4.78, 5) is 11.4. The number of hydrogen-bond donors (Lipinski definition) is 1. The van der Waals surface area contributed by atoms with Crippen molar-refractivity contribution in [3.63, 3.8) is 0 Å². The van der Waals surface area contributed by atoms with Crippen LogP contribution in [0.2, 0.25) is 0 Å². The molecule has 2 nitrogen and oxygen atoms in total. The molecule has 1 N–H and O–H groups in total. The van der Waals surface area contributed by atoms with E-state index in [1.54, 1.807) is 0 Å². The number of carbonyl (C=O) groups excluding carboxylic acids is 1. The van der Waals surface area contributed by atoms with Gasteiger partial charge in [-0.05, 0) is 5.92 Å². The Hall–Kier alpha value is -0.630. The summed E-state index contributed by atoms with van der Waals surface area (Å²) in [5, 5.41) is 9.16. The van der Waals surface area contributed by atoms with E-state index >= 15 is 0 Å². The number of Topliss-reactive ketones (excluding diaryl/α,β-unsaturated/α-hetero) is 1. The molecule has 0 spiro atoms. The quantitative estimate of drug-likeness (QED) is 0.661. The summed E-state index contributed by atoms with van der Waals surface area (Å²) in [7, 11) is 0. The lowest BCUT2D eigenvalue weighted by Crippen LogP contribution is -2.13. The molecule has 0 aromatic heterocycles. The number of ketones is 1. The molecule has 13 heavy (non-hydrogen) atoms. The van der Waals surface area contributed by atoms with Gasteiger partial charge in [0.05, 0.1) is 6.10 Å². The molecule has 74 valence electrons. The monoisotopic (exact) mass is 182 g/mol. The average molecular weight is 182 g/mol. The van der Waals surface area contributed by atoms with Gasteiger partial charge >= 0.3 is 0 Å². The maximum Gasteiger partial charge on any atom is 0.136 e. The molecule has 0 amide bonds. The van der Waals surface area contributed by atoms with E-state index < -0.39 is 6.10 Å². The largest absolute Gasteiger partial charge is 0.389 e. The van der Waals surface area contributed by atoms with Crippen LogP contribution in [0, 0.1) is 5.92 Å². The fourth-order valence-electron chi connectivity index (χ4n) is 1.94. The Balaban J connectivity index is 2.20. The Morgan fingerprint density at radius 3 is 2.69 bits per heavy atom. The summed E-state index contributed by atoms with van der Waals surface area (Å²) in [5.41, 5.74) is 0. The van der Waals surface area contributed by atoms with Crippen LogP contribution in [0.15, 0.2) is 12.7 Å². The Morgan fingerprint density at radius 1 is 1.54 bits per heavy atom. The van der Waals surface area contributed by atoms with Crippen molar-refractivity contribution in [2.75, 3.05) is 0 Å². The van der Waals surface area contributed by atoms with Crippen LogP contribution in [0.4, 0.5) is 0 Å². The highest BCUT2D eigenvalue weighted by molar-refractivity contribution is 5.79. The number of carbonyl (C=O) groups is 1. The molecule has 1 rings (SSSR count). The van der Waals surface area contributed by atoms with Crippen LogP contribution < -0.4 is 0 Å². The zero-order valence-corrected chi connectivity index (χ0v) is 8.04. The van der Waals surface area contributed by atoms with Crippen LogP contribution in [-0.2, 0) is 4.79 Å². The fourth-order valence-corrected chi connectivity index (χ4v) is 1.94. The fraction of sp³-hybridized carbons (Fsp3) is 0.727. The molecular formula is C11H18O2. The van der Waals surface area contributed by atoms with Crippen LogP contribution in [0.3, 0.4) is 0 Å². The van der Waals surface area contributed by atoms with E-state index in [0.717, 1.165) is 0 Å². The maximum absolute atomic E-state index is 11.4. The molecule has 0 saturated heterocycles. The molecule has 1 aliphatic rings. The first-order chi connectivity index (χ1) is 6.22. The van der Waals surface area contributed by atoms with Crippen molar-refractivity contribution in [3.05, 3.63) is 12.7 Å². The van der Waals surface area contributed by atoms with Crippen molar-refractivity contribution in [1.29, 1.82) is 0 Å². The molecule has 0 bridgehead atoms. The smallest absolute Gasteiger partial charge is 0.136 e. The molecule has 0 aliphatic heterocycles. The Bertz CT molecular complexity index is 181. The zero-order valence-electron chi connectivity index (χ0n) is 8.04. The number of aliphatic hydroxyl groups excluding tert-OH is 1. The second kappa shape index (κ2) is 5.18. The van der Waals surface area contributed by atoms with Crippen LogP contribution >= 0.6 is 0 Å². The average Bonchev–Trinajstić information content (AvgIpc) is 2.56. The summed E-state index contributed by atoms with van der Waals surface area (Å²) in [6.07, 6.45) is 6.60. The Kier molecular flexibility index (Phi) is 4.16. The lowest BCUT2D eigenvalue weighted by Gasteiger charge is -2.08. The van der Waals surface area contributed by atoms with Gasteiger partial charge in [0, 0.05) is 12.8 Å². The number of hydrogen-bond acceptors (Lipinski definition) is 2. The first-order valence-electron chi connectivity index (χ1n) is 5.04. The molecule has 1 fully saturated rings. The Labute approximate surface area is 79.6 Å². The van der Waals surface area contributed by atoms with Crippen LogP contribution in [0.5, 0.6) is 0 Å². The second-order valence-electron chi connectivity index (χ2n) is 3.90. The maximum atomic E-state index is 11.4. The van der Waals surface area contributed by atoms with E-state index in [2.05, 4.69) is 6.58 Å². The lowest BCUT2D eigenvalue weighted by molar-refractivity contribution is -0.121. The first kappa shape index (κ1) is 10.5. The van der Waals surface area contributed by atoms with Gasteiger partial charge in [0.2, 0.25) is 0 Å². The summed E-state index contributed by atoms with van der Waals surface area (Å²) in [6.45, 7) is 3.44. The van der Waals surface area contributed by atoms with E-state index in [0.29, 0.717) is 12.3 Å². The molecule has 0 radical (unpaired) electrons. The normalized spacial score (nSPS) is 20.1. The molecule has 0 heterocycles. The van der Waals surface area contributed by atoms with Gasteiger partial charge in [0.1, 0.15) is 5.78 Å². The lowest BCUT2D eigenvalue weighted by atomic mass is 9.98. The highest BCUT2D eigenvalue weighted by Gasteiger charge is 2.19. The summed E-state index contributed by atoms with van der Waals surface area (Å²) in [6, 6.07) is 0. The summed E-state index contributed by atoms with van der Waals surface area (Å²) >= 11 is 0. The van der Waals surface area contributed by atoms with Crippen LogP contribution in [0.1, 0.15) is 38.5 Å². The molecule has 1 saturated carbocycles. The van der Waals surface area contributed by atoms with E-state index in [4.69, 9.17) is 5.11 Å². The predicted octanol–water partition coefficient (Wildman–Crippen LogP) is 2.07. The second-order valence-corrected chi connectivity index (χ2v) is 3.90. The topological polar surface area (TPSA) is 37.3 Å². The van der Waals surface area contributed by atoms with Crippen molar-refractivity contribution in [3.8, 4) is 0 Å². The summed E-state index contributed by atoms with van der Waals surface area (Å²) < 4.78 is 0. The van der Waals surface area contributed by atoms with Gasteiger partial charge in [-0.25, -0.2) is 0 Å². The van der Waals surface area contributed by atoms with E-state index in [1.807, 2.05) is 0 Å². The molecule has 0 aromatic rings. The van der Waals surface area contributed by atoms with Gasteiger partial charge in [0.25, 0.3) is 0 Å². The predicted molar refractivity (Wildman–Crippen MR) is 52.4 cm³/mol. The van der Waals surface area contributed by atoms with Crippen LogP contribution in [0.25, 0.3) is 0 Å². The van der Waals surface area contributed by atoms with Crippen molar-refractivity contribution >= 4 is 5.78 Å². The zero-order chi connectivity index (χ0) is 9.68. The summed E-state index contributed by atoms with van der Waals surface area (Å²) in [5.74, 6) is 0.767. The van der Waals surface area contributed by atoms with E-state index in [-0.39, 0.29) is 12.2 Å². The van der Waals surface area contributed by atoms with Gasteiger partial charge < -0.3 is 5.11 Å². The third-order valence-corrected chi connectivity index (χ3v) is 2.70. The number of rotatable bonds is 5. The third kappa shape index (κ3) is 3.73. The molecule has 1 atom stereocenters. The molecule has 2 heteroatoms. The molecule has 0 aromatic carbocycles. The van der Waals surface area contributed by atoms with E-state index in [1.165, 1.54) is 31.8 Å². The van der Waals surface area contributed by atoms with Gasteiger partial charge in [-0.2, -0.15) is 0 Å². The minimum Gasteiger partial charge on any atom is -0.389 e. The minimum absolute atomic E-state index is 0.180. The van der Waals surface area contributed by atoms with Crippen molar-refractivity contribution < 1.29 is 9.90 Å². The Morgan fingerprint density at radius 2 is 2.15 bits per heavy atom. The van der Waals surface area contributed by atoms with E-state index in [9.17, 15) is 4.79 Å².